The number of carbonyl (C=O) groups excluding carboxylic acids is 1. The molecule has 7 heteroatoms. The van der Waals surface area contributed by atoms with Gasteiger partial charge in [0.2, 0.25) is 0 Å². The summed E-state index contributed by atoms with van der Waals surface area (Å²) in [5.74, 6) is 0. The first kappa shape index (κ1) is 12.9. The van der Waals surface area contributed by atoms with Crippen LogP contribution in [0, 0.1) is 0 Å². The Kier molecular flexibility index (Phi) is 3.51. The van der Waals surface area contributed by atoms with Crippen LogP contribution in [0.1, 0.15) is 0 Å². The SMILES string of the molecule is C=COC(=O)N1CCN(c2cccc3nsnc23)CC1. The van der Waals surface area contributed by atoms with Gasteiger partial charge in [0.05, 0.1) is 23.7 Å². The molecule has 0 bridgehead atoms. The lowest BCUT2D eigenvalue weighted by Crippen LogP contribution is -2.48. The van der Waals surface area contributed by atoms with Crippen LogP contribution in [0.25, 0.3) is 11.0 Å². The van der Waals surface area contributed by atoms with Crippen molar-refractivity contribution in [2.24, 2.45) is 0 Å². The van der Waals surface area contributed by atoms with E-state index < -0.39 is 0 Å². The molecule has 1 aromatic heterocycles. The van der Waals surface area contributed by atoms with Crippen LogP contribution in [-0.2, 0) is 4.74 Å². The average Bonchev–Trinajstić information content (AvgIpc) is 2.96. The summed E-state index contributed by atoms with van der Waals surface area (Å²) in [7, 11) is 0. The Bertz CT molecular complexity index is 634. The van der Waals surface area contributed by atoms with Crippen LogP contribution in [0.15, 0.2) is 31.0 Å². The van der Waals surface area contributed by atoms with Gasteiger partial charge in [-0.25, -0.2) is 4.79 Å². The Labute approximate surface area is 120 Å². The van der Waals surface area contributed by atoms with E-state index in [1.54, 1.807) is 4.90 Å². The van der Waals surface area contributed by atoms with Gasteiger partial charge >= 0.3 is 6.09 Å². The van der Waals surface area contributed by atoms with E-state index in [0.717, 1.165) is 36.1 Å². The van der Waals surface area contributed by atoms with Gasteiger partial charge in [-0.1, -0.05) is 12.6 Å². The lowest BCUT2D eigenvalue weighted by atomic mass is 10.2. The van der Waals surface area contributed by atoms with Crippen LogP contribution in [0.3, 0.4) is 0 Å². The molecule has 1 saturated heterocycles. The number of fused-ring (bicyclic) bond motifs is 1. The van der Waals surface area contributed by atoms with E-state index in [4.69, 9.17) is 4.74 Å². The van der Waals surface area contributed by atoms with E-state index in [2.05, 4.69) is 20.2 Å². The molecule has 0 atom stereocenters. The summed E-state index contributed by atoms with van der Waals surface area (Å²) in [6.07, 6.45) is 0.823. The Morgan fingerprint density at radius 1 is 1.30 bits per heavy atom. The highest BCUT2D eigenvalue weighted by molar-refractivity contribution is 7.00. The molecule has 0 aliphatic carbocycles. The molecule has 3 rings (SSSR count). The summed E-state index contributed by atoms with van der Waals surface area (Å²) in [4.78, 5) is 15.5. The Morgan fingerprint density at radius 3 is 2.85 bits per heavy atom. The predicted molar refractivity (Wildman–Crippen MR) is 77.9 cm³/mol. The fourth-order valence-electron chi connectivity index (χ4n) is 2.32. The number of ether oxygens (including phenoxy) is 1. The molecule has 1 aliphatic rings. The number of amides is 1. The van der Waals surface area contributed by atoms with Crippen molar-refractivity contribution in [2.45, 2.75) is 0 Å². The van der Waals surface area contributed by atoms with Crippen molar-refractivity contribution in [3.63, 3.8) is 0 Å². The van der Waals surface area contributed by atoms with Crippen molar-refractivity contribution in [3.8, 4) is 0 Å². The zero-order valence-electron chi connectivity index (χ0n) is 10.9. The van der Waals surface area contributed by atoms with Crippen LogP contribution < -0.4 is 4.90 Å². The first-order chi connectivity index (χ1) is 9.79. The minimum absolute atomic E-state index is 0.340. The van der Waals surface area contributed by atoms with Crippen molar-refractivity contribution in [1.82, 2.24) is 13.6 Å². The van der Waals surface area contributed by atoms with E-state index in [0.29, 0.717) is 13.1 Å². The highest BCUT2D eigenvalue weighted by Crippen LogP contribution is 2.26. The first-order valence-electron chi connectivity index (χ1n) is 6.32. The smallest absolute Gasteiger partial charge is 0.414 e. The number of carbonyl (C=O) groups is 1. The molecule has 20 heavy (non-hydrogen) atoms. The number of hydrogen-bond donors (Lipinski definition) is 0. The second-order valence-corrected chi connectivity index (χ2v) is 4.96. The maximum absolute atomic E-state index is 11.6. The van der Waals surface area contributed by atoms with E-state index >= 15 is 0 Å². The molecule has 1 aromatic carbocycles. The highest BCUT2D eigenvalue weighted by Gasteiger charge is 2.23. The molecule has 1 amide bonds. The largest absolute Gasteiger partial charge is 0.419 e. The molecule has 104 valence electrons. The summed E-state index contributed by atoms with van der Waals surface area (Å²) in [6, 6.07) is 5.99. The molecule has 0 saturated carbocycles. The van der Waals surface area contributed by atoms with Gasteiger partial charge in [0.15, 0.2) is 0 Å². The summed E-state index contributed by atoms with van der Waals surface area (Å²) >= 11 is 1.22. The van der Waals surface area contributed by atoms with Crippen molar-refractivity contribution in [1.29, 1.82) is 0 Å². The van der Waals surface area contributed by atoms with Crippen LogP contribution in [0.4, 0.5) is 10.5 Å². The second kappa shape index (κ2) is 5.46. The number of nitrogens with zero attached hydrogens (tertiary/aromatic N) is 4. The van der Waals surface area contributed by atoms with Gasteiger partial charge < -0.3 is 14.5 Å². The number of benzene rings is 1. The number of piperazine rings is 1. The van der Waals surface area contributed by atoms with Crippen LogP contribution >= 0.6 is 11.7 Å². The second-order valence-electron chi connectivity index (χ2n) is 4.43. The molecular formula is C13H14N4O2S. The van der Waals surface area contributed by atoms with Crippen LogP contribution in [0.2, 0.25) is 0 Å². The maximum Gasteiger partial charge on any atom is 0.414 e. The first-order valence-corrected chi connectivity index (χ1v) is 7.05. The zero-order valence-corrected chi connectivity index (χ0v) is 11.7. The molecule has 0 unspecified atom stereocenters. The molecule has 1 aliphatic heterocycles. The number of rotatable bonds is 2. The molecular weight excluding hydrogens is 276 g/mol. The van der Waals surface area contributed by atoms with Crippen LogP contribution in [0.5, 0.6) is 0 Å². The Hall–Kier alpha value is -2.15. The summed E-state index contributed by atoms with van der Waals surface area (Å²) in [5.41, 5.74) is 2.92. The van der Waals surface area contributed by atoms with E-state index in [1.807, 2.05) is 18.2 Å². The molecule has 0 spiro atoms. The molecule has 1 fully saturated rings. The third-order valence-electron chi connectivity index (χ3n) is 3.33. The van der Waals surface area contributed by atoms with Crippen molar-refractivity contribution >= 4 is 34.5 Å². The van der Waals surface area contributed by atoms with Gasteiger partial charge in [-0.05, 0) is 12.1 Å². The fourth-order valence-corrected chi connectivity index (χ4v) is 2.87. The lowest BCUT2D eigenvalue weighted by Gasteiger charge is -2.35. The van der Waals surface area contributed by atoms with E-state index in [-0.39, 0.29) is 6.09 Å². The summed E-state index contributed by atoms with van der Waals surface area (Å²) in [5, 5.41) is 0. The van der Waals surface area contributed by atoms with Gasteiger partial charge in [0.1, 0.15) is 11.0 Å². The van der Waals surface area contributed by atoms with Crippen molar-refractivity contribution in [3.05, 3.63) is 31.0 Å². The predicted octanol–water partition coefficient (Wildman–Crippen LogP) is 2.09. The normalized spacial score (nSPS) is 15.4. The number of anilines is 1. The Balaban J connectivity index is 1.73. The Morgan fingerprint density at radius 2 is 2.10 bits per heavy atom. The minimum atomic E-state index is -0.340. The molecule has 0 radical (unpaired) electrons. The topological polar surface area (TPSA) is 58.6 Å². The summed E-state index contributed by atoms with van der Waals surface area (Å²) in [6.45, 7) is 6.15. The van der Waals surface area contributed by atoms with E-state index in [9.17, 15) is 4.79 Å². The number of aromatic nitrogens is 2. The van der Waals surface area contributed by atoms with Crippen LogP contribution in [-0.4, -0.2) is 45.9 Å². The van der Waals surface area contributed by atoms with Gasteiger partial charge in [-0.15, -0.1) is 0 Å². The monoisotopic (exact) mass is 290 g/mol. The third-order valence-corrected chi connectivity index (χ3v) is 3.87. The highest BCUT2D eigenvalue weighted by atomic mass is 32.1. The molecule has 2 aromatic rings. The standard InChI is InChI=1S/C13H14N4O2S/c1-2-19-13(18)17-8-6-16(7-9-17)11-5-3-4-10-12(11)15-20-14-10/h2-5H,1,6-9H2. The van der Waals surface area contributed by atoms with Crippen molar-refractivity contribution < 1.29 is 9.53 Å². The third kappa shape index (κ3) is 2.32. The maximum atomic E-state index is 11.6. The average molecular weight is 290 g/mol. The molecule has 2 heterocycles. The number of hydrogen-bond acceptors (Lipinski definition) is 6. The quantitative estimate of drug-likeness (QED) is 0.793. The fraction of sp³-hybridized carbons (Fsp3) is 0.308. The van der Waals surface area contributed by atoms with E-state index in [1.165, 1.54) is 11.7 Å². The summed E-state index contributed by atoms with van der Waals surface area (Å²) < 4.78 is 13.4. The molecule has 0 N–H and O–H groups in total. The minimum Gasteiger partial charge on any atom is -0.419 e. The zero-order chi connectivity index (χ0) is 13.9. The van der Waals surface area contributed by atoms with Gasteiger partial charge in [-0.3, -0.25) is 0 Å². The van der Waals surface area contributed by atoms with Gasteiger partial charge in [0, 0.05) is 26.2 Å². The van der Waals surface area contributed by atoms with Gasteiger partial charge in [0.25, 0.3) is 0 Å². The lowest BCUT2D eigenvalue weighted by molar-refractivity contribution is 0.134. The molecule has 6 nitrogen and oxygen atoms in total. The van der Waals surface area contributed by atoms with Crippen molar-refractivity contribution in [2.75, 3.05) is 31.1 Å². The van der Waals surface area contributed by atoms with Gasteiger partial charge in [-0.2, -0.15) is 8.75 Å².